The van der Waals surface area contributed by atoms with Crippen LogP contribution >= 0.6 is 0 Å². The molecule has 3 aromatic rings. The number of fused-ring (bicyclic) bond motifs is 1. The highest BCUT2D eigenvalue weighted by atomic mass is 19.1. The monoisotopic (exact) mass is 340 g/mol. The van der Waals surface area contributed by atoms with Crippen LogP contribution in [0.15, 0.2) is 30.3 Å². The van der Waals surface area contributed by atoms with Crippen LogP contribution in [0, 0.1) is 12.7 Å². The van der Waals surface area contributed by atoms with Crippen molar-refractivity contribution >= 4 is 5.91 Å². The number of benzene rings is 1. The predicted molar refractivity (Wildman–Crippen MR) is 87.7 cm³/mol. The van der Waals surface area contributed by atoms with Crippen LogP contribution < -0.4 is 0 Å². The molecule has 0 aliphatic carbocycles. The summed E-state index contributed by atoms with van der Waals surface area (Å²) < 4.78 is 15.2. The number of amides is 1. The Morgan fingerprint density at radius 3 is 2.88 bits per heavy atom. The Labute approximate surface area is 143 Å². The van der Waals surface area contributed by atoms with E-state index in [-0.39, 0.29) is 11.7 Å². The largest absolute Gasteiger partial charge is 0.329 e. The number of hydrogen-bond acceptors (Lipinski definition) is 4. The van der Waals surface area contributed by atoms with E-state index >= 15 is 0 Å². The van der Waals surface area contributed by atoms with Crippen molar-refractivity contribution < 1.29 is 9.18 Å². The van der Waals surface area contributed by atoms with Crippen molar-refractivity contribution in [2.24, 2.45) is 0 Å². The van der Waals surface area contributed by atoms with Gasteiger partial charge in [-0.3, -0.25) is 14.5 Å². The molecule has 0 radical (unpaired) electrons. The number of carbonyl (C=O) groups excluding carboxylic acids is 1. The third-order valence-electron chi connectivity index (χ3n) is 4.35. The normalized spacial score (nSPS) is 17.0. The van der Waals surface area contributed by atoms with Crippen LogP contribution in [0.4, 0.5) is 4.39 Å². The first-order chi connectivity index (χ1) is 12.0. The van der Waals surface area contributed by atoms with Gasteiger partial charge in [-0.25, -0.2) is 4.39 Å². The maximum atomic E-state index is 13.4. The Bertz CT molecular complexity index is 946. The number of aromatic nitrogens is 5. The molecule has 0 spiro atoms. The average Bonchev–Trinajstić information content (AvgIpc) is 3.18. The van der Waals surface area contributed by atoms with Gasteiger partial charge in [0, 0.05) is 12.2 Å². The second-order valence-electron chi connectivity index (χ2n) is 6.25. The zero-order valence-electron chi connectivity index (χ0n) is 13.9. The van der Waals surface area contributed by atoms with Gasteiger partial charge in [0.25, 0.3) is 0 Å². The first-order valence-electron chi connectivity index (χ1n) is 8.02. The predicted octanol–water partition coefficient (Wildman–Crippen LogP) is 2.22. The van der Waals surface area contributed by atoms with Gasteiger partial charge in [0.15, 0.2) is 11.6 Å². The van der Waals surface area contributed by atoms with Crippen LogP contribution in [-0.2, 0) is 17.9 Å². The lowest BCUT2D eigenvalue weighted by Gasteiger charge is -2.32. The van der Waals surface area contributed by atoms with Crippen LogP contribution in [0.3, 0.4) is 0 Å². The maximum Gasteiger partial charge on any atom is 0.246 e. The van der Waals surface area contributed by atoms with Crippen molar-refractivity contribution in [3.05, 3.63) is 53.2 Å². The Morgan fingerprint density at radius 2 is 2.16 bits per heavy atom. The highest BCUT2D eigenvalue weighted by Crippen LogP contribution is 2.28. The van der Waals surface area contributed by atoms with Gasteiger partial charge >= 0.3 is 0 Å². The van der Waals surface area contributed by atoms with E-state index in [0.717, 1.165) is 11.3 Å². The summed E-state index contributed by atoms with van der Waals surface area (Å²) in [5, 5.41) is 15.5. The minimum atomic E-state index is -0.445. The first kappa shape index (κ1) is 15.5. The molecular formula is C17H17FN6O. The first-order valence-corrected chi connectivity index (χ1v) is 8.02. The molecule has 0 fully saturated rings. The molecule has 3 heterocycles. The highest BCUT2D eigenvalue weighted by Gasteiger charge is 2.34. The fourth-order valence-electron chi connectivity index (χ4n) is 3.16. The molecule has 0 saturated carbocycles. The summed E-state index contributed by atoms with van der Waals surface area (Å²) in [6.45, 7) is 4.38. The second kappa shape index (κ2) is 5.80. The van der Waals surface area contributed by atoms with Gasteiger partial charge in [-0.1, -0.05) is 12.1 Å². The number of nitrogens with zero attached hydrogens (tertiary/aromatic N) is 5. The Kier molecular flexibility index (Phi) is 3.60. The van der Waals surface area contributed by atoms with Crippen LogP contribution in [0.1, 0.15) is 30.0 Å². The SMILES string of the molecule is Cc1cc(-c2nnc3n2[C@@H](C)C(=O)N(Cc2cccc(F)c2)C3)n[nH]1. The van der Waals surface area contributed by atoms with Gasteiger partial charge in [-0.2, -0.15) is 5.10 Å². The van der Waals surface area contributed by atoms with Crippen molar-refractivity contribution in [2.75, 3.05) is 0 Å². The molecule has 8 heteroatoms. The van der Waals surface area contributed by atoms with Gasteiger partial charge in [0.05, 0.1) is 6.54 Å². The van der Waals surface area contributed by atoms with Crippen molar-refractivity contribution in [2.45, 2.75) is 33.0 Å². The van der Waals surface area contributed by atoms with E-state index in [4.69, 9.17) is 0 Å². The third kappa shape index (κ3) is 2.69. The molecule has 2 aromatic heterocycles. The number of carbonyl (C=O) groups is 1. The van der Waals surface area contributed by atoms with E-state index in [1.165, 1.54) is 12.1 Å². The summed E-state index contributed by atoms with van der Waals surface area (Å²) >= 11 is 0. The fourth-order valence-corrected chi connectivity index (χ4v) is 3.16. The number of aryl methyl sites for hydroxylation is 1. The Hall–Kier alpha value is -3.03. The topological polar surface area (TPSA) is 79.7 Å². The van der Waals surface area contributed by atoms with E-state index in [1.807, 2.05) is 24.5 Å². The average molecular weight is 340 g/mol. The van der Waals surface area contributed by atoms with Crippen LogP contribution in [0.5, 0.6) is 0 Å². The Morgan fingerprint density at radius 1 is 1.32 bits per heavy atom. The molecule has 1 aliphatic heterocycles. The molecule has 1 aromatic carbocycles. The Balaban J connectivity index is 1.65. The number of halogens is 1. The summed E-state index contributed by atoms with van der Waals surface area (Å²) in [4.78, 5) is 14.5. The zero-order valence-corrected chi connectivity index (χ0v) is 13.9. The van der Waals surface area contributed by atoms with Crippen molar-refractivity contribution in [3.8, 4) is 11.5 Å². The standard InChI is InChI=1S/C17H17FN6O/c1-10-6-14(20-19-10)16-22-21-15-9-23(17(25)11(2)24(15)16)8-12-4-3-5-13(18)7-12/h3-7,11H,8-9H2,1-2H3,(H,19,20)/t11-/m0/s1. The summed E-state index contributed by atoms with van der Waals surface area (Å²) in [5.41, 5.74) is 2.32. The van der Waals surface area contributed by atoms with Gasteiger partial charge in [0.1, 0.15) is 17.6 Å². The number of aromatic amines is 1. The molecule has 7 nitrogen and oxygen atoms in total. The molecule has 0 unspecified atom stereocenters. The second-order valence-corrected chi connectivity index (χ2v) is 6.25. The minimum absolute atomic E-state index is 0.0509. The van der Waals surface area contributed by atoms with Crippen LogP contribution in [0.25, 0.3) is 11.5 Å². The number of hydrogen-bond donors (Lipinski definition) is 1. The number of rotatable bonds is 3. The van der Waals surface area contributed by atoms with E-state index in [9.17, 15) is 9.18 Å². The van der Waals surface area contributed by atoms with Crippen LogP contribution in [0.2, 0.25) is 0 Å². The van der Waals surface area contributed by atoms with E-state index in [0.29, 0.717) is 30.4 Å². The molecule has 1 atom stereocenters. The maximum absolute atomic E-state index is 13.4. The molecule has 1 amide bonds. The van der Waals surface area contributed by atoms with Crippen LogP contribution in [-0.4, -0.2) is 35.8 Å². The lowest BCUT2D eigenvalue weighted by molar-refractivity contribution is -0.137. The smallest absolute Gasteiger partial charge is 0.246 e. The number of nitrogens with one attached hydrogen (secondary N) is 1. The molecule has 25 heavy (non-hydrogen) atoms. The molecule has 0 bridgehead atoms. The van der Waals surface area contributed by atoms with Crippen molar-refractivity contribution in [1.82, 2.24) is 29.9 Å². The summed E-state index contributed by atoms with van der Waals surface area (Å²) in [5.74, 6) is 0.907. The molecule has 1 aliphatic rings. The summed E-state index contributed by atoms with van der Waals surface area (Å²) in [7, 11) is 0. The molecule has 0 saturated heterocycles. The quantitative estimate of drug-likeness (QED) is 0.793. The van der Waals surface area contributed by atoms with Gasteiger partial charge in [0.2, 0.25) is 5.91 Å². The third-order valence-corrected chi connectivity index (χ3v) is 4.35. The van der Waals surface area contributed by atoms with Crippen molar-refractivity contribution in [1.29, 1.82) is 0 Å². The lowest BCUT2D eigenvalue weighted by atomic mass is 10.1. The number of H-pyrrole nitrogens is 1. The van der Waals surface area contributed by atoms with E-state index < -0.39 is 6.04 Å². The molecular weight excluding hydrogens is 323 g/mol. The highest BCUT2D eigenvalue weighted by molar-refractivity contribution is 5.81. The minimum Gasteiger partial charge on any atom is -0.329 e. The fraction of sp³-hybridized carbons (Fsp3) is 0.294. The summed E-state index contributed by atoms with van der Waals surface area (Å²) in [6.07, 6.45) is 0. The zero-order chi connectivity index (χ0) is 17.6. The molecule has 1 N–H and O–H groups in total. The van der Waals surface area contributed by atoms with E-state index in [1.54, 1.807) is 17.0 Å². The van der Waals surface area contributed by atoms with Gasteiger partial charge in [-0.15, -0.1) is 10.2 Å². The molecule has 4 rings (SSSR count). The van der Waals surface area contributed by atoms with Crippen molar-refractivity contribution in [3.63, 3.8) is 0 Å². The van der Waals surface area contributed by atoms with Gasteiger partial charge in [-0.05, 0) is 37.6 Å². The molecule has 128 valence electrons. The van der Waals surface area contributed by atoms with Gasteiger partial charge < -0.3 is 4.90 Å². The van der Waals surface area contributed by atoms with E-state index in [2.05, 4.69) is 20.4 Å². The lowest BCUT2D eigenvalue weighted by Crippen LogP contribution is -2.41. The summed E-state index contributed by atoms with van der Waals surface area (Å²) in [6, 6.07) is 7.70.